The van der Waals surface area contributed by atoms with Gasteiger partial charge in [-0.2, -0.15) is 5.26 Å². The molecule has 0 saturated heterocycles. The third-order valence-electron chi connectivity index (χ3n) is 5.49. The average Bonchev–Trinajstić information content (AvgIpc) is 3.34. The number of halogens is 1. The number of aromatic nitrogens is 5. The highest BCUT2D eigenvalue weighted by Crippen LogP contribution is 2.32. The van der Waals surface area contributed by atoms with Crippen LogP contribution in [0.1, 0.15) is 19.5 Å². The molecule has 0 saturated carbocycles. The Morgan fingerprint density at radius 3 is 2.67 bits per heavy atom. The number of rotatable bonds is 8. The standard InChI is InChI=1S/C25H26FN9O/c1-25(2,14-27)20-11-15(7-8-30-20)19-13-31-22(28)21(32-19)24-34-33-23(36-24)17-6-5-16(26)12-18(17)29-9-10-35(3)4/h5-8,11-13,29H,9-10H2,1-4H3,(H2,28,31). The second-order valence-electron chi connectivity index (χ2n) is 8.99. The van der Waals surface area contributed by atoms with Crippen molar-refractivity contribution in [1.29, 1.82) is 5.26 Å². The van der Waals surface area contributed by atoms with Crippen molar-refractivity contribution in [3.05, 3.63) is 54.2 Å². The van der Waals surface area contributed by atoms with Gasteiger partial charge in [0, 0.05) is 30.5 Å². The highest BCUT2D eigenvalue weighted by Gasteiger charge is 2.23. The van der Waals surface area contributed by atoms with Crippen LogP contribution in [0.3, 0.4) is 0 Å². The van der Waals surface area contributed by atoms with Crippen molar-refractivity contribution in [3.8, 4) is 40.4 Å². The van der Waals surface area contributed by atoms with Gasteiger partial charge >= 0.3 is 0 Å². The van der Waals surface area contributed by atoms with Gasteiger partial charge in [0.2, 0.25) is 5.89 Å². The van der Waals surface area contributed by atoms with Crippen LogP contribution < -0.4 is 11.1 Å². The van der Waals surface area contributed by atoms with Crippen LogP contribution in [0.5, 0.6) is 0 Å². The van der Waals surface area contributed by atoms with Crippen molar-refractivity contribution >= 4 is 11.5 Å². The van der Waals surface area contributed by atoms with Gasteiger partial charge in [-0.25, -0.2) is 14.4 Å². The number of nitriles is 1. The first-order valence-corrected chi connectivity index (χ1v) is 11.2. The van der Waals surface area contributed by atoms with E-state index in [1.165, 1.54) is 18.3 Å². The number of pyridine rings is 1. The Balaban J connectivity index is 1.68. The van der Waals surface area contributed by atoms with Gasteiger partial charge < -0.3 is 20.4 Å². The van der Waals surface area contributed by atoms with Gasteiger partial charge in [0.25, 0.3) is 5.89 Å². The molecule has 4 aromatic rings. The van der Waals surface area contributed by atoms with Gasteiger partial charge in [0.15, 0.2) is 11.5 Å². The zero-order valence-electron chi connectivity index (χ0n) is 20.4. The third kappa shape index (κ3) is 5.29. The molecule has 0 amide bonds. The number of hydrogen-bond acceptors (Lipinski definition) is 10. The fraction of sp³-hybridized carbons (Fsp3) is 0.280. The maximum Gasteiger partial charge on any atom is 0.270 e. The SMILES string of the molecule is CN(C)CCNc1cc(F)ccc1-c1nnc(-c2nc(-c3ccnc(C(C)(C)C#N)c3)cnc2N)o1. The van der Waals surface area contributed by atoms with Crippen molar-refractivity contribution in [2.75, 3.05) is 38.2 Å². The Labute approximate surface area is 208 Å². The van der Waals surface area contributed by atoms with E-state index in [4.69, 9.17) is 10.2 Å². The van der Waals surface area contributed by atoms with Crippen molar-refractivity contribution in [2.24, 2.45) is 0 Å². The number of nitrogen functional groups attached to an aromatic ring is 1. The molecule has 0 aliphatic rings. The lowest BCUT2D eigenvalue weighted by Crippen LogP contribution is -2.21. The van der Waals surface area contributed by atoms with Crippen molar-refractivity contribution < 1.29 is 8.81 Å². The third-order valence-corrected chi connectivity index (χ3v) is 5.49. The molecule has 0 aliphatic carbocycles. The summed E-state index contributed by atoms with van der Waals surface area (Å²) in [6, 6.07) is 10.1. The molecular weight excluding hydrogens is 461 g/mol. The van der Waals surface area contributed by atoms with E-state index in [2.05, 4.69) is 36.5 Å². The smallest absolute Gasteiger partial charge is 0.270 e. The summed E-state index contributed by atoms with van der Waals surface area (Å²) in [6.07, 6.45) is 3.15. The van der Waals surface area contributed by atoms with E-state index in [0.717, 1.165) is 6.54 Å². The number of nitrogens with one attached hydrogen (secondary N) is 1. The van der Waals surface area contributed by atoms with Crippen LogP contribution >= 0.6 is 0 Å². The van der Waals surface area contributed by atoms with Crippen LogP contribution in [0.15, 0.2) is 47.1 Å². The number of benzene rings is 1. The van der Waals surface area contributed by atoms with Gasteiger partial charge in [-0.1, -0.05) is 0 Å². The first-order chi connectivity index (χ1) is 17.2. The van der Waals surface area contributed by atoms with Crippen LogP contribution in [0.4, 0.5) is 15.9 Å². The molecule has 3 aromatic heterocycles. The monoisotopic (exact) mass is 487 g/mol. The van der Waals surface area contributed by atoms with Crippen LogP contribution in [0, 0.1) is 17.1 Å². The highest BCUT2D eigenvalue weighted by molar-refractivity contribution is 5.74. The molecule has 3 heterocycles. The minimum absolute atomic E-state index is 0.0760. The molecule has 1 aromatic carbocycles. The average molecular weight is 488 g/mol. The molecular formula is C25H26FN9O. The summed E-state index contributed by atoms with van der Waals surface area (Å²) in [5.41, 5.74) is 8.44. The number of anilines is 2. The van der Waals surface area contributed by atoms with E-state index < -0.39 is 5.41 Å². The maximum atomic E-state index is 13.9. The minimum atomic E-state index is -0.769. The lowest BCUT2D eigenvalue weighted by molar-refractivity contribution is 0.425. The predicted octanol–water partition coefficient (Wildman–Crippen LogP) is 3.75. The van der Waals surface area contributed by atoms with E-state index in [1.54, 1.807) is 38.2 Å². The van der Waals surface area contributed by atoms with Crippen LogP contribution in [-0.2, 0) is 5.41 Å². The van der Waals surface area contributed by atoms with E-state index in [1.807, 2.05) is 19.0 Å². The molecule has 0 atom stereocenters. The molecule has 0 aliphatic heterocycles. The molecule has 0 fully saturated rings. The summed E-state index contributed by atoms with van der Waals surface area (Å²) in [5.74, 6) is -0.00746. The van der Waals surface area contributed by atoms with Crippen molar-refractivity contribution in [3.63, 3.8) is 0 Å². The lowest BCUT2D eigenvalue weighted by Gasteiger charge is -2.15. The number of hydrogen-bond donors (Lipinski definition) is 2. The predicted molar refractivity (Wildman–Crippen MR) is 134 cm³/mol. The van der Waals surface area contributed by atoms with Crippen molar-refractivity contribution in [1.82, 2.24) is 30.0 Å². The first kappa shape index (κ1) is 24.7. The molecule has 36 heavy (non-hydrogen) atoms. The summed E-state index contributed by atoms with van der Waals surface area (Å²) < 4.78 is 19.8. The summed E-state index contributed by atoms with van der Waals surface area (Å²) in [4.78, 5) is 15.2. The molecule has 184 valence electrons. The fourth-order valence-corrected chi connectivity index (χ4v) is 3.37. The normalized spacial score (nSPS) is 11.5. The van der Waals surface area contributed by atoms with E-state index in [-0.39, 0.29) is 29.1 Å². The van der Waals surface area contributed by atoms with E-state index in [9.17, 15) is 9.65 Å². The molecule has 10 nitrogen and oxygen atoms in total. The van der Waals surface area contributed by atoms with Crippen LogP contribution in [0.25, 0.3) is 34.3 Å². The van der Waals surface area contributed by atoms with Gasteiger partial charge in [-0.3, -0.25) is 4.98 Å². The minimum Gasteiger partial charge on any atom is -0.414 e. The highest BCUT2D eigenvalue weighted by atomic mass is 19.1. The maximum absolute atomic E-state index is 13.9. The molecule has 11 heteroatoms. The second-order valence-corrected chi connectivity index (χ2v) is 8.99. The molecule has 3 N–H and O–H groups in total. The van der Waals surface area contributed by atoms with Crippen LogP contribution in [0.2, 0.25) is 0 Å². The molecule has 0 spiro atoms. The lowest BCUT2D eigenvalue weighted by atomic mass is 9.90. The number of likely N-dealkylation sites (N-methyl/N-ethyl adjacent to an activating group) is 1. The molecule has 4 rings (SSSR count). The molecule has 0 radical (unpaired) electrons. The van der Waals surface area contributed by atoms with Gasteiger partial charge in [0.05, 0.1) is 34.6 Å². The fourth-order valence-electron chi connectivity index (χ4n) is 3.37. The summed E-state index contributed by atoms with van der Waals surface area (Å²) in [7, 11) is 3.91. The Morgan fingerprint density at radius 1 is 1.14 bits per heavy atom. The Bertz CT molecular complexity index is 1430. The van der Waals surface area contributed by atoms with Gasteiger partial charge in [-0.15, -0.1) is 10.2 Å². The first-order valence-electron chi connectivity index (χ1n) is 11.2. The summed E-state index contributed by atoms with van der Waals surface area (Å²) in [6.45, 7) is 4.93. The Kier molecular flexibility index (Phi) is 6.89. The van der Waals surface area contributed by atoms with Crippen LogP contribution in [-0.4, -0.2) is 57.2 Å². The van der Waals surface area contributed by atoms with Gasteiger partial charge in [0.1, 0.15) is 5.82 Å². The summed E-state index contributed by atoms with van der Waals surface area (Å²) >= 11 is 0. The second kappa shape index (κ2) is 10.1. The largest absolute Gasteiger partial charge is 0.414 e. The molecule has 0 bridgehead atoms. The topological polar surface area (TPSA) is 143 Å². The number of nitrogens with two attached hydrogens (primary N) is 1. The summed E-state index contributed by atoms with van der Waals surface area (Å²) in [5, 5.41) is 20.9. The van der Waals surface area contributed by atoms with Gasteiger partial charge in [-0.05, 0) is 58.3 Å². The van der Waals surface area contributed by atoms with Crippen molar-refractivity contribution in [2.45, 2.75) is 19.3 Å². The Morgan fingerprint density at radius 2 is 1.92 bits per heavy atom. The van der Waals surface area contributed by atoms with E-state index in [0.29, 0.717) is 34.7 Å². The number of nitrogens with zero attached hydrogens (tertiary/aromatic N) is 7. The zero-order valence-corrected chi connectivity index (χ0v) is 20.4. The van der Waals surface area contributed by atoms with E-state index >= 15 is 0 Å². The molecule has 0 unspecified atom stereocenters. The quantitative estimate of drug-likeness (QED) is 0.377. The zero-order chi connectivity index (χ0) is 25.9. The Hall–Kier alpha value is -4.43.